The minimum atomic E-state index is 0.446. The van der Waals surface area contributed by atoms with Gasteiger partial charge in [0.05, 0.1) is 19.8 Å². The normalized spacial score (nSPS) is 19.6. The van der Waals surface area contributed by atoms with Gasteiger partial charge in [0.2, 0.25) is 0 Å². The summed E-state index contributed by atoms with van der Waals surface area (Å²) in [4.78, 5) is 2.32. The molecule has 0 bridgehead atoms. The van der Waals surface area contributed by atoms with E-state index in [4.69, 9.17) is 9.47 Å². The van der Waals surface area contributed by atoms with Gasteiger partial charge in [-0.05, 0) is 31.7 Å². The average molecular weight is 264 g/mol. The first kappa shape index (κ1) is 14.3. The summed E-state index contributed by atoms with van der Waals surface area (Å²) in [7, 11) is 2.15. The van der Waals surface area contributed by atoms with Crippen molar-refractivity contribution in [3.05, 3.63) is 29.8 Å². The van der Waals surface area contributed by atoms with Gasteiger partial charge in [0.25, 0.3) is 0 Å². The van der Waals surface area contributed by atoms with E-state index in [1.165, 1.54) is 5.56 Å². The lowest BCUT2D eigenvalue weighted by atomic mass is 10.2. The summed E-state index contributed by atoms with van der Waals surface area (Å²) in [6.45, 7) is 7.28. The van der Waals surface area contributed by atoms with Gasteiger partial charge in [-0.3, -0.25) is 0 Å². The van der Waals surface area contributed by atoms with Crippen molar-refractivity contribution < 1.29 is 9.47 Å². The lowest BCUT2D eigenvalue weighted by Crippen LogP contribution is -2.47. The number of hydrogen-bond acceptors (Lipinski definition) is 4. The molecule has 106 valence electrons. The Morgan fingerprint density at radius 3 is 2.79 bits per heavy atom. The van der Waals surface area contributed by atoms with Crippen molar-refractivity contribution in [3.63, 3.8) is 0 Å². The van der Waals surface area contributed by atoms with E-state index in [0.29, 0.717) is 12.6 Å². The van der Waals surface area contributed by atoms with E-state index in [0.717, 1.165) is 38.6 Å². The molecule has 19 heavy (non-hydrogen) atoms. The predicted molar refractivity (Wildman–Crippen MR) is 76.6 cm³/mol. The predicted octanol–water partition coefficient (Wildman–Crippen LogP) is 1.51. The first-order valence-corrected chi connectivity index (χ1v) is 6.99. The number of morpholine rings is 1. The van der Waals surface area contributed by atoms with Crippen LogP contribution >= 0.6 is 0 Å². The zero-order valence-corrected chi connectivity index (χ0v) is 11.9. The zero-order valence-electron chi connectivity index (χ0n) is 11.9. The van der Waals surface area contributed by atoms with Crippen LogP contribution in [0.3, 0.4) is 0 Å². The molecule has 0 saturated carbocycles. The van der Waals surface area contributed by atoms with Crippen LogP contribution in [0.4, 0.5) is 0 Å². The summed E-state index contributed by atoms with van der Waals surface area (Å²) < 4.78 is 10.9. The number of ether oxygens (including phenoxy) is 2. The van der Waals surface area contributed by atoms with Crippen molar-refractivity contribution in [3.8, 4) is 5.75 Å². The summed E-state index contributed by atoms with van der Waals surface area (Å²) in [6.07, 6.45) is 0. The molecule has 0 radical (unpaired) electrons. The zero-order chi connectivity index (χ0) is 13.5. The molecule has 1 fully saturated rings. The highest BCUT2D eigenvalue weighted by Crippen LogP contribution is 2.13. The number of benzene rings is 1. The molecule has 1 heterocycles. The standard InChI is InChI=1S/C15H24N2O2/c1-3-19-15-6-4-13(5-7-15)10-17(2)11-14-12-18-9-8-16-14/h4-7,14,16H,3,8-12H2,1-2H3. The molecule has 1 aromatic rings. The fourth-order valence-electron chi connectivity index (χ4n) is 2.35. The van der Waals surface area contributed by atoms with Gasteiger partial charge < -0.3 is 19.7 Å². The third-order valence-electron chi connectivity index (χ3n) is 3.22. The molecule has 4 heteroatoms. The van der Waals surface area contributed by atoms with Gasteiger partial charge in [0, 0.05) is 25.7 Å². The number of hydrogen-bond donors (Lipinski definition) is 1. The van der Waals surface area contributed by atoms with Crippen molar-refractivity contribution in [2.75, 3.05) is 40.0 Å². The topological polar surface area (TPSA) is 33.7 Å². The van der Waals surface area contributed by atoms with Gasteiger partial charge in [0.15, 0.2) is 0 Å². The Bertz CT molecular complexity index is 361. The highest BCUT2D eigenvalue weighted by atomic mass is 16.5. The Morgan fingerprint density at radius 2 is 2.16 bits per heavy atom. The quantitative estimate of drug-likeness (QED) is 0.844. The molecule has 1 saturated heterocycles. The van der Waals surface area contributed by atoms with Crippen molar-refractivity contribution >= 4 is 0 Å². The maximum Gasteiger partial charge on any atom is 0.119 e. The van der Waals surface area contributed by atoms with Crippen LogP contribution in [-0.4, -0.2) is 50.9 Å². The molecule has 1 N–H and O–H groups in total. The molecule has 2 rings (SSSR count). The van der Waals surface area contributed by atoms with Gasteiger partial charge in [-0.1, -0.05) is 12.1 Å². The molecular weight excluding hydrogens is 240 g/mol. The van der Waals surface area contributed by atoms with Gasteiger partial charge in [-0.25, -0.2) is 0 Å². The van der Waals surface area contributed by atoms with E-state index in [9.17, 15) is 0 Å². The monoisotopic (exact) mass is 264 g/mol. The smallest absolute Gasteiger partial charge is 0.119 e. The van der Waals surface area contributed by atoms with Crippen molar-refractivity contribution in [2.24, 2.45) is 0 Å². The molecule has 0 aromatic heterocycles. The fraction of sp³-hybridized carbons (Fsp3) is 0.600. The molecule has 1 aromatic carbocycles. The van der Waals surface area contributed by atoms with Crippen LogP contribution in [0.15, 0.2) is 24.3 Å². The number of rotatable bonds is 6. The second-order valence-electron chi connectivity index (χ2n) is 5.00. The van der Waals surface area contributed by atoms with E-state index in [-0.39, 0.29) is 0 Å². The molecule has 4 nitrogen and oxygen atoms in total. The van der Waals surface area contributed by atoms with Crippen LogP contribution in [0, 0.1) is 0 Å². The van der Waals surface area contributed by atoms with Crippen LogP contribution in [0.2, 0.25) is 0 Å². The first-order chi connectivity index (χ1) is 9.28. The molecule has 1 unspecified atom stereocenters. The van der Waals surface area contributed by atoms with Crippen molar-refractivity contribution in [1.29, 1.82) is 0 Å². The fourth-order valence-corrected chi connectivity index (χ4v) is 2.35. The molecule has 0 amide bonds. The van der Waals surface area contributed by atoms with Crippen molar-refractivity contribution in [2.45, 2.75) is 19.5 Å². The highest BCUT2D eigenvalue weighted by Gasteiger charge is 2.14. The van der Waals surface area contributed by atoms with Gasteiger partial charge in [-0.15, -0.1) is 0 Å². The Kier molecular flexibility index (Phi) is 5.63. The van der Waals surface area contributed by atoms with E-state index in [1.54, 1.807) is 0 Å². The van der Waals surface area contributed by atoms with Crippen LogP contribution in [0.5, 0.6) is 5.75 Å². The Morgan fingerprint density at radius 1 is 1.37 bits per heavy atom. The van der Waals surface area contributed by atoms with Crippen LogP contribution < -0.4 is 10.1 Å². The Balaban J connectivity index is 1.78. The SMILES string of the molecule is CCOc1ccc(CN(C)CC2COCCN2)cc1. The van der Waals surface area contributed by atoms with Gasteiger partial charge in [-0.2, -0.15) is 0 Å². The third kappa shape index (κ3) is 4.82. The maximum atomic E-state index is 5.47. The van der Waals surface area contributed by atoms with Crippen LogP contribution in [-0.2, 0) is 11.3 Å². The van der Waals surface area contributed by atoms with E-state index in [1.807, 2.05) is 19.1 Å². The lowest BCUT2D eigenvalue weighted by Gasteiger charge is -2.28. The number of nitrogens with one attached hydrogen (secondary N) is 1. The average Bonchev–Trinajstić information content (AvgIpc) is 2.42. The highest BCUT2D eigenvalue weighted by molar-refractivity contribution is 5.27. The summed E-state index contributed by atoms with van der Waals surface area (Å²) in [5.74, 6) is 0.941. The summed E-state index contributed by atoms with van der Waals surface area (Å²) in [5.41, 5.74) is 1.31. The molecular formula is C15H24N2O2. The summed E-state index contributed by atoms with van der Waals surface area (Å²) >= 11 is 0. The molecule has 0 aliphatic carbocycles. The van der Waals surface area contributed by atoms with Crippen LogP contribution in [0.1, 0.15) is 12.5 Å². The summed E-state index contributed by atoms with van der Waals surface area (Å²) in [5, 5.41) is 3.47. The minimum Gasteiger partial charge on any atom is -0.494 e. The van der Waals surface area contributed by atoms with E-state index in [2.05, 4.69) is 29.4 Å². The second kappa shape index (κ2) is 7.48. The maximum absolute atomic E-state index is 5.47. The van der Waals surface area contributed by atoms with Crippen LogP contribution in [0.25, 0.3) is 0 Å². The molecule has 1 aliphatic rings. The largest absolute Gasteiger partial charge is 0.494 e. The summed E-state index contributed by atoms with van der Waals surface area (Å²) in [6, 6.07) is 8.78. The number of nitrogens with zero attached hydrogens (tertiary/aromatic N) is 1. The lowest BCUT2D eigenvalue weighted by molar-refractivity contribution is 0.0645. The van der Waals surface area contributed by atoms with E-state index >= 15 is 0 Å². The molecule has 0 spiro atoms. The van der Waals surface area contributed by atoms with Gasteiger partial charge >= 0.3 is 0 Å². The molecule has 1 aliphatic heterocycles. The third-order valence-corrected chi connectivity index (χ3v) is 3.22. The minimum absolute atomic E-state index is 0.446. The van der Waals surface area contributed by atoms with Crippen molar-refractivity contribution in [1.82, 2.24) is 10.2 Å². The second-order valence-corrected chi connectivity index (χ2v) is 5.00. The Hall–Kier alpha value is -1.10. The molecule has 1 atom stereocenters. The Labute approximate surface area is 115 Å². The van der Waals surface area contributed by atoms with E-state index < -0.39 is 0 Å². The number of likely N-dealkylation sites (N-methyl/N-ethyl adjacent to an activating group) is 1. The first-order valence-electron chi connectivity index (χ1n) is 6.99. The van der Waals surface area contributed by atoms with Gasteiger partial charge in [0.1, 0.15) is 5.75 Å².